The van der Waals surface area contributed by atoms with Crippen LogP contribution in [0.3, 0.4) is 0 Å². The smallest absolute Gasteiger partial charge is 0.168 e. The first-order chi connectivity index (χ1) is 14.2. The quantitative estimate of drug-likeness (QED) is 0.696. The van der Waals surface area contributed by atoms with E-state index in [1.807, 2.05) is 13.8 Å². The van der Waals surface area contributed by atoms with Gasteiger partial charge in [-0.2, -0.15) is 0 Å². The molecule has 1 aromatic carbocycles. The van der Waals surface area contributed by atoms with Crippen LogP contribution >= 0.6 is 0 Å². The molecule has 2 fully saturated rings. The summed E-state index contributed by atoms with van der Waals surface area (Å²) in [6, 6.07) is 4.89. The maximum absolute atomic E-state index is 13.9. The summed E-state index contributed by atoms with van der Waals surface area (Å²) in [4.78, 5) is 2.44. The molecule has 0 radical (unpaired) electrons. The SMILES string of the molecule is CC(C)(O)CCN1C[C@H]2C[C@@H](Nc3ccc(-c4cc(F)cc(F)c4F)nn3)C[C@H]2C1. The zero-order valence-electron chi connectivity index (χ0n) is 17.2. The third-order valence-electron chi connectivity index (χ3n) is 6.15. The predicted octanol–water partition coefficient (Wildman–Crippen LogP) is 3.84. The van der Waals surface area contributed by atoms with Gasteiger partial charge in [0, 0.05) is 37.3 Å². The summed E-state index contributed by atoms with van der Waals surface area (Å²) in [7, 11) is 0. The summed E-state index contributed by atoms with van der Waals surface area (Å²) >= 11 is 0. The molecule has 1 aliphatic heterocycles. The Balaban J connectivity index is 1.33. The molecule has 0 unspecified atom stereocenters. The van der Waals surface area contributed by atoms with Crippen molar-refractivity contribution in [1.82, 2.24) is 15.1 Å². The van der Waals surface area contributed by atoms with Gasteiger partial charge in [0.15, 0.2) is 11.6 Å². The number of halogens is 3. The summed E-state index contributed by atoms with van der Waals surface area (Å²) in [5, 5.41) is 21.3. The van der Waals surface area contributed by atoms with Gasteiger partial charge in [0.05, 0.1) is 11.3 Å². The molecule has 1 saturated carbocycles. The fraction of sp³-hybridized carbons (Fsp3) is 0.545. The Morgan fingerprint density at radius 3 is 2.40 bits per heavy atom. The lowest BCUT2D eigenvalue weighted by Crippen LogP contribution is -2.31. The van der Waals surface area contributed by atoms with E-state index in [4.69, 9.17) is 0 Å². The molecule has 2 N–H and O–H groups in total. The Hall–Kier alpha value is -2.19. The summed E-state index contributed by atoms with van der Waals surface area (Å²) in [6.45, 7) is 6.70. The Labute approximate surface area is 174 Å². The molecule has 162 valence electrons. The van der Waals surface area contributed by atoms with Crippen LogP contribution < -0.4 is 5.32 Å². The highest BCUT2D eigenvalue weighted by molar-refractivity contribution is 5.60. The van der Waals surface area contributed by atoms with Gasteiger partial charge in [0.25, 0.3) is 0 Å². The molecular formula is C22H27F3N4O. The number of hydrogen-bond acceptors (Lipinski definition) is 5. The van der Waals surface area contributed by atoms with Crippen molar-refractivity contribution in [3.05, 3.63) is 41.7 Å². The Morgan fingerprint density at radius 2 is 1.80 bits per heavy atom. The van der Waals surface area contributed by atoms with E-state index in [1.54, 1.807) is 6.07 Å². The van der Waals surface area contributed by atoms with E-state index in [9.17, 15) is 18.3 Å². The predicted molar refractivity (Wildman–Crippen MR) is 108 cm³/mol. The van der Waals surface area contributed by atoms with Crippen molar-refractivity contribution < 1.29 is 18.3 Å². The van der Waals surface area contributed by atoms with E-state index in [1.165, 1.54) is 6.07 Å². The number of rotatable bonds is 6. The molecule has 30 heavy (non-hydrogen) atoms. The van der Waals surface area contributed by atoms with Crippen molar-refractivity contribution in [2.24, 2.45) is 11.8 Å². The van der Waals surface area contributed by atoms with Gasteiger partial charge in [-0.15, -0.1) is 10.2 Å². The first-order valence-corrected chi connectivity index (χ1v) is 10.4. The van der Waals surface area contributed by atoms with Gasteiger partial charge in [-0.1, -0.05) is 0 Å². The van der Waals surface area contributed by atoms with E-state index in [-0.39, 0.29) is 11.3 Å². The number of nitrogens with zero attached hydrogens (tertiary/aromatic N) is 3. The average Bonchev–Trinajstić information content (AvgIpc) is 3.21. The van der Waals surface area contributed by atoms with E-state index in [2.05, 4.69) is 20.4 Å². The van der Waals surface area contributed by atoms with E-state index >= 15 is 0 Å². The summed E-state index contributed by atoms with van der Waals surface area (Å²) < 4.78 is 40.8. The normalized spacial score (nSPS) is 24.3. The molecule has 3 atom stereocenters. The van der Waals surface area contributed by atoms with Crippen molar-refractivity contribution in [1.29, 1.82) is 0 Å². The number of benzene rings is 1. The molecule has 2 heterocycles. The second-order valence-corrected chi connectivity index (χ2v) is 9.21. The Kier molecular flexibility index (Phi) is 5.72. The minimum atomic E-state index is -1.25. The minimum Gasteiger partial charge on any atom is -0.390 e. The van der Waals surface area contributed by atoms with Gasteiger partial charge in [0.2, 0.25) is 0 Å². The number of aliphatic hydroxyl groups is 1. The molecule has 1 aliphatic carbocycles. The number of likely N-dealkylation sites (tertiary alicyclic amines) is 1. The van der Waals surface area contributed by atoms with Gasteiger partial charge in [-0.25, -0.2) is 13.2 Å². The van der Waals surface area contributed by atoms with Crippen LogP contribution in [0.25, 0.3) is 11.3 Å². The van der Waals surface area contributed by atoms with Gasteiger partial charge >= 0.3 is 0 Å². The summed E-state index contributed by atoms with van der Waals surface area (Å²) in [5.74, 6) is -1.42. The molecule has 4 rings (SSSR count). The Bertz CT molecular complexity index is 886. The van der Waals surface area contributed by atoms with Crippen LogP contribution in [0.4, 0.5) is 19.0 Å². The summed E-state index contributed by atoms with van der Waals surface area (Å²) in [6.07, 6.45) is 2.85. The molecule has 2 aliphatic rings. The lowest BCUT2D eigenvalue weighted by Gasteiger charge is -2.23. The fourth-order valence-electron chi connectivity index (χ4n) is 4.63. The van der Waals surface area contributed by atoms with Crippen LogP contribution in [0.1, 0.15) is 33.1 Å². The molecule has 0 amide bonds. The molecular weight excluding hydrogens is 393 g/mol. The second-order valence-electron chi connectivity index (χ2n) is 9.21. The topological polar surface area (TPSA) is 61.3 Å². The van der Waals surface area contributed by atoms with E-state index < -0.39 is 23.1 Å². The largest absolute Gasteiger partial charge is 0.390 e. The Morgan fingerprint density at radius 1 is 1.10 bits per heavy atom. The fourth-order valence-corrected chi connectivity index (χ4v) is 4.63. The summed E-state index contributed by atoms with van der Waals surface area (Å²) in [5.41, 5.74) is -0.789. The third-order valence-corrected chi connectivity index (χ3v) is 6.15. The molecule has 0 bridgehead atoms. The van der Waals surface area contributed by atoms with Crippen LogP contribution in [0.2, 0.25) is 0 Å². The van der Waals surface area contributed by atoms with Crippen LogP contribution in [-0.2, 0) is 0 Å². The lowest BCUT2D eigenvalue weighted by molar-refractivity contribution is 0.0596. The monoisotopic (exact) mass is 420 g/mol. The average molecular weight is 420 g/mol. The first kappa shape index (κ1) is 21.1. The molecule has 5 nitrogen and oxygen atoms in total. The third kappa shape index (κ3) is 4.75. The minimum absolute atomic E-state index is 0.0854. The van der Waals surface area contributed by atoms with Gasteiger partial charge < -0.3 is 15.3 Å². The highest BCUT2D eigenvalue weighted by atomic mass is 19.2. The lowest BCUT2D eigenvalue weighted by atomic mass is 10.0. The first-order valence-electron chi connectivity index (χ1n) is 10.4. The zero-order valence-corrected chi connectivity index (χ0v) is 17.2. The van der Waals surface area contributed by atoms with Crippen LogP contribution in [0.5, 0.6) is 0 Å². The molecule has 0 spiro atoms. The van der Waals surface area contributed by atoms with Crippen LogP contribution in [0.15, 0.2) is 24.3 Å². The van der Waals surface area contributed by atoms with Crippen molar-refractivity contribution in [3.8, 4) is 11.3 Å². The molecule has 1 saturated heterocycles. The molecule has 2 aromatic rings. The van der Waals surface area contributed by atoms with Crippen molar-refractivity contribution >= 4 is 5.82 Å². The maximum Gasteiger partial charge on any atom is 0.168 e. The zero-order chi connectivity index (χ0) is 21.5. The van der Waals surface area contributed by atoms with E-state index in [0.717, 1.165) is 45.0 Å². The number of fused-ring (bicyclic) bond motifs is 1. The van der Waals surface area contributed by atoms with Crippen molar-refractivity contribution in [2.45, 2.75) is 44.8 Å². The number of anilines is 1. The standard InChI is InChI=1S/C22H27F3N4O/c1-22(2,30)5-6-29-11-13-7-16(8-14(13)12-29)26-20-4-3-19(27-28-20)17-9-15(23)10-18(24)21(17)25/h3-4,9-10,13-14,16,30H,5-8,11-12H2,1-2H3,(H,26,28)/t13-,14+,16-. The molecule has 8 heteroatoms. The maximum atomic E-state index is 13.9. The van der Waals surface area contributed by atoms with Crippen LogP contribution in [-0.4, -0.2) is 51.5 Å². The highest BCUT2D eigenvalue weighted by Gasteiger charge is 2.41. The van der Waals surface area contributed by atoms with Gasteiger partial charge in [-0.3, -0.25) is 0 Å². The van der Waals surface area contributed by atoms with Crippen LogP contribution in [0, 0.1) is 29.3 Å². The van der Waals surface area contributed by atoms with E-state index in [0.29, 0.717) is 29.8 Å². The number of hydrogen-bond donors (Lipinski definition) is 2. The van der Waals surface area contributed by atoms with Crippen molar-refractivity contribution in [3.63, 3.8) is 0 Å². The molecule has 1 aromatic heterocycles. The number of aromatic nitrogens is 2. The van der Waals surface area contributed by atoms with Gasteiger partial charge in [-0.05, 0) is 63.1 Å². The van der Waals surface area contributed by atoms with Crippen molar-refractivity contribution in [2.75, 3.05) is 25.0 Å². The second kappa shape index (κ2) is 8.15. The van der Waals surface area contributed by atoms with Gasteiger partial charge in [0.1, 0.15) is 11.6 Å². The number of nitrogens with one attached hydrogen (secondary N) is 1. The highest BCUT2D eigenvalue weighted by Crippen LogP contribution is 2.39.